The van der Waals surface area contributed by atoms with Crippen LogP contribution in [0.25, 0.3) is 0 Å². The van der Waals surface area contributed by atoms with Gasteiger partial charge in [-0.05, 0) is 12.1 Å². The normalized spacial score (nSPS) is 12.0. The Labute approximate surface area is 138 Å². The number of thiazole rings is 1. The molecule has 1 atom stereocenters. The van der Waals surface area contributed by atoms with E-state index in [1.54, 1.807) is 42.8 Å². The van der Waals surface area contributed by atoms with Crippen molar-refractivity contribution in [3.05, 3.63) is 45.4 Å². The zero-order valence-corrected chi connectivity index (χ0v) is 14.0. The summed E-state index contributed by atoms with van der Waals surface area (Å²) in [4.78, 5) is 16.3. The number of amides is 2. The monoisotopic (exact) mass is 339 g/mol. The number of urea groups is 1. The van der Waals surface area contributed by atoms with E-state index in [-0.39, 0.29) is 11.9 Å². The number of benzene rings is 1. The maximum absolute atomic E-state index is 12.0. The molecule has 0 aliphatic rings. The molecule has 1 aromatic carbocycles. The number of hydrogen-bond acceptors (Lipinski definition) is 4. The summed E-state index contributed by atoms with van der Waals surface area (Å²) in [5, 5.41) is 9.14. The fourth-order valence-corrected chi connectivity index (χ4v) is 2.87. The third-order valence-electron chi connectivity index (χ3n) is 3.10. The quantitative estimate of drug-likeness (QED) is 0.839. The van der Waals surface area contributed by atoms with Gasteiger partial charge in [-0.15, -0.1) is 11.3 Å². The van der Waals surface area contributed by atoms with Gasteiger partial charge in [0.05, 0.1) is 11.6 Å². The van der Waals surface area contributed by atoms with Gasteiger partial charge in [0.15, 0.2) is 0 Å². The molecule has 2 rings (SSSR count). The van der Waals surface area contributed by atoms with Crippen molar-refractivity contribution in [2.24, 2.45) is 0 Å². The Balaban J connectivity index is 1.93. The molecule has 1 aromatic heterocycles. The molecule has 0 aliphatic carbocycles. The van der Waals surface area contributed by atoms with E-state index in [4.69, 9.17) is 16.3 Å². The van der Waals surface area contributed by atoms with Crippen LogP contribution >= 0.6 is 22.9 Å². The van der Waals surface area contributed by atoms with E-state index in [9.17, 15) is 4.79 Å². The Bertz CT molecular complexity index is 619. The molecule has 0 aliphatic heterocycles. The molecule has 2 aromatic rings. The Morgan fingerprint density at radius 2 is 2.32 bits per heavy atom. The van der Waals surface area contributed by atoms with Crippen LogP contribution in [0.2, 0.25) is 5.02 Å². The minimum atomic E-state index is -0.275. The van der Waals surface area contributed by atoms with Gasteiger partial charge < -0.3 is 15.4 Å². The summed E-state index contributed by atoms with van der Waals surface area (Å²) in [7, 11) is 1.59. The Morgan fingerprint density at radius 3 is 3.00 bits per heavy atom. The van der Waals surface area contributed by atoms with E-state index >= 15 is 0 Å². The molecule has 0 unspecified atom stereocenters. The molecular weight excluding hydrogens is 322 g/mol. The maximum atomic E-state index is 12.0. The van der Waals surface area contributed by atoms with Crippen molar-refractivity contribution in [1.29, 1.82) is 0 Å². The number of aromatic nitrogens is 1. The molecule has 0 saturated carbocycles. The Hall–Kier alpha value is -1.63. The van der Waals surface area contributed by atoms with Crippen LogP contribution in [0.4, 0.5) is 10.5 Å². The summed E-state index contributed by atoms with van der Waals surface area (Å²) in [6.07, 6.45) is 1.76. The minimum Gasteiger partial charge on any atom is -0.380 e. The van der Waals surface area contributed by atoms with Crippen LogP contribution in [0, 0.1) is 0 Å². The van der Waals surface area contributed by atoms with Gasteiger partial charge in [0.1, 0.15) is 0 Å². The molecule has 0 bridgehead atoms. The number of ether oxygens (including phenoxy) is 1. The molecule has 0 radical (unpaired) electrons. The van der Waals surface area contributed by atoms with E-state index < -0.39 is 0 Å². The van der Waals surface area contributed by atoms with Crippen LogP contribution < -0.4 is 10.6 Å². The number of hydrogen-bond donors (Lipinski definition) is 2. The van der Waals surface area contributed by atoms with E-state index in [0.29, 0.717) is 23.9 Å². The number of nitrogens with one attached hydrogen (secondary N) is 2. The second-order valence-corrected chi connectivity index (χ2v) is 6.14. The third-order valence-corrected chi connectivity index (χ3v) is 4.46. The number of nitrogens with zero attached hydrogens (tertiary/aromatic N) is 1. The number of carbonyl (C=O) groups is 1. The van der Waals surface area contributed by atoms with Gasteiger partial charge in [0.25, 0.3) is 0 Å². The van der Waals surface area contributed by atoms with Gasteiger partial charge in [-0.1, -0.05) is 24.6 Å². The zero-order chi connectivity index (χ0) is 15.9. The fraction of sp³-hybridized carbons (Fsp3) is 0.333. The average molecular weight is 340 g/mol. The van der Waals surface area contributed by atoms with Crippen LogP contribution in [0.5, 0.6) is 0 Å². The molecule has 5 nitrogen and oxygen atoms in total. The second-order valence-electron chi connectivity index (χ2n) is 4.81. The summed E-state index contributed by atoms with van der Waals surface area (Å²) in [5.74, 6) is 0.170. The van der Waals surface area contributed by atoms with Gasteiger partial charge in [0.2, 0.25) is 0 Å². The molecule has 7 heteroatoms. The van der Waals surface area contributed by atoms with Gasteiger partial charge in [-0.3, -0.25) is 0 Å². The fourth-order valence-electron chi connectivity index (χ4n) is 1.94. The van der Waals surface area contributed by atoms with Crippen LogP contribution in [0.3, 0.4) is 0 Å². The molecule has 22 heavy (non-hydrogen) atoms. The van der Waals surface area contributed by atoms with Gasteiger partial charge in [-0.2, -0.15) is 0 Å². The van der Waals surface area contributed by atoms with E-state index in [1.165, 1.54) is 0 Å². The molecule has 2 N–H and O–H groups in total. The van der Waals surface area contributed by atoms with Gasteiger partial charge in [0, 0.05) is 47.4 Å². The minimum absolute atomic E-state index is 0.170. The van der Waals surface area contributed by atoms with E-state index in [2.05, 4.69) is 15.6 Å². The molecular formula is C15H18ClN3O2S. The highest BCUT2D eigenvalue weighted by molar-refractivity contribution is 7.09. The number of rotatable bonds is 6. The third kappa shape index (κ3) is 4.43. The van der Waals surface area contributed by atoms with E-state index in [0.717, 1.165) is 10.6 Å². The smallest absolute Gasteiger partial charge is 0.319 e. The molecule has 118 valence electrons. The van der Waals surface area contributed by atoms with Crippen LogP contribution in [-0.4, -0.2) is 24.7 Å². The molecule has 1 heterocycles. The zero-order valence-electron chi connectivity index (χ0n) is 12.4. The van der Waals surface area contributed by atoms with Crippen LogP contribution in [-0.2, 0) is 11.3 Å². The lowest BCUT2D eigenvalue weighted by Crippen LogP contribution is -2.32. The summed E-state index contributed by atoms with van der Waals surface area (Å²) in [5.41, 5.74) is 1.41. The molecule has 0 spiro atoms. The average Bonchev–Trinajstić information content (AvgIpc) is 3.03. The first-order valence-corrected chi connectivity index (χ1v) is 8.08. The van der Waals surface area contributed by atoms with Crippen LogP contribution in [0.1, 0.15) is 23.4 Å². The maximum Gasteiger partial charge on any atom is 0.319 e. The van der Waals surface area contributed by atoms with E-state index in [1.807, 2.05) is 12.3 Å². The van der Waals surface area contributed by atoms with Crippen LogP contribution in [0.15, 0.2) is 29.8 Å². The first-order chi connectivity index (χ1) is 10.6. The SMILES string of the molecule is COCc1c(Cl)cccc1NC(=O)NC[C@H](C)c1nccs1. The van der Waals surface area contributed by atoms with Crippen molar-refractivity contribution in [1.82, 2.24) is 10.3 Å². The first-order valence-electron chi connectivity index (χ1n) is 6.82. The van der Waals surface area contributed by atoms with Crippen molar-refractivity contribution in [2.45, 2.75) is 19.4 Å². The summed E-state index contributed by atoms with van der Waals surface area (Å²) >= 11 is 7.71. The molecule has 0 fully saturated rings. The highest BCUT2D eigenvalue weighted by Gasteiger charge is 2.12. The van der Waals surface area contributed by atoms with Crippen molar-refractivity contribution >= 4 is 34.7 Å². The van der Waals surface area contributed by atoms with Gasteiger partial charge in [-0.25, -0.2) is 9.78 Å². The van der Waals surface area contributed by atoms with Crippen molar-refractivity contribution < 1.29 is 9.53 Å². The predicted molar refractivity (Wildman–Crippen MR) is 89.7 cm³/mol. The lowest BCUT2D eigenvalue weighted by molar-refractivity contribution is 0.185. The van der Waals surface area contributed by atoms with Crippen molar-refractivity contribution in [2.75, 3.05) is 19.0 Å². The van der Waals surface area contributed by atoms with Crippen molar-refractivity contribution in [3.63, 3.8) is 0 Å². The highest BCUT2D eigenvalue weighted by atomic mass is 35.5. The van der Waals surface area contributed by atoms with Crippen molar-refractivity contribution in [3.8, 4) is 0 Å². The summed E-state index contributed by atoms with van der Waals surface area (Å²) < 4.78 is 5.12. The molecule has 0 saturated heterocycles. The highest BCUT2D eigenvalue weighted by Crippen LogP contribution is 2.25. The lowest BCUT2D eigenvalue weighted by Gasteiger charge is -2.14. The second kappa shape index (κ2) is 8.12. The van der Waals surface area contributed by atoms with Gasteiger partial charge >= 0.3 is 6.03 Å². The number of carbonyl (C=O) groups excluding carboxylic acids is 1. The Kier molecular flexibility index (Phi) is 6.18. The standard InChI is InChI=1S/C15H18ClN3O2S/c1-10(14-17-6-7-22-14)8-18-15(20)19-13-5-3-4-12(16)11(13)9-21-2/h3-7,10H,8-9H2,1-2H3,(H2,18,19,20)/t10-/m0/s1. The first kappa shape index (κ1) is 16.7. The largest absolute Gasteiger partial charge is 0.380 e. The Morgan fingerprint density at radius 1 is 1.50 bits per heavy atom. The predicted octanol–water partition coefficient (Wildman–Crippen LogP) is 3.87. The number of methoxy groups -OCH3 is 1. The summed E-state index contributed by atoms with van der Waals surface area (Å²) in [6, 6.07) is 5.08. The number of anilines is 1. The number of halogens is 1. The lowest BCUT2D eigenvalue weighted by atomic mass is 10.2. The topological polar surface area (TPSA) is 63.2 Å². The summed E-state index contributed by atoms with van der Waals surface area (Å²) in [6.45, 7) is 2.87. The molecule has 2 amide bonds.